The van der Waals surface area contributed by atoms with E-state index in [1.165, 1.54) is 12.1 Å². The van der Waals surface area contributed by atoms with Crippen molar-refractivity contribution in [1.29, 1.82) is 5.26 Å². The van der Waals surface area contributed by atoms with Gasteiger partial charge in [-0.15, -0.1) is 0 Å². The van der Waals surface area contributed by atoms with Crippen LogP contribution in [0.2, 0.25) is 5.02 Å². The molecule has 0 unspecified atom stereocenters. The number of hydrogen-bond acceptors (Lipinski definition) is 3. The van der Waals surface area contributed by atoms with E-state index in [9.17, 15) is 9.65 Å². The van der Waals surface area contributed by atoms with E-state index >= 15 is 0 Å². The minimum Gasteiger partial charge on any atom is -0.497 e. The molecule has 0 aliphatic carbocycles. The molecule has 120 valence electrons. The van der Waals surface area contributed by atoms with Crippen molar-refractivity contribution in [3.05, 3.63) is 65.1 Å². The average Bonchev–Trinajstić information content (AvgIpc) is 2.94. The van der Waals surface area contributed by atoms with E-state index < -0.39 is 5.82 Å². The number of hydrogen-bond donors (Lipinski definition) is 1. The van der Waals surface area contributed by atoms with E-state index in [0.717, 1.165) is 11.3 Å². The first-order valence-electron chi connectivity index (χ1n) is 7.06. The zero-order valence-corrected chi connectivity index (χ0v) is 13.5. The van der Waals surface area contributed by atoms with Crippen LogP contribution in [0.15, 0.2) is 48.7 Å². The van der Waals surface area contributed by atoms with Gasteiger partial charge >= 0.3 is 0 Å². The number of anilines is 1. The largest absolute Gasteiger partial charge is 0.497 e. The van der Waals surface area contributed by atoms with Crippen LogP contribution in [0.4, 0.5) is 10.2 Å². The van der Waals surface area contributed by atoms with E-state index in [2.05, 4.69) is 6.07 Å². The molecule has 6 heteroatoms. The van der Waals surface area contributed by atoms with Crippen molar-refractivity contribution in [2.45, 2.75) is 0 Å². The number of aromatic nitrogens is 1. The Morgan fingerprint density at radius 1 is 1.21 bits per heavy atom. The van der Waals surface area contributed by atoms with Crippen molar-refractivity contribution in [3.8, 4) is 28.6 Å². The van der Waals surface area contributed by atoms with Crippen molar-refractivity contribution in [3.63, 3.8) is 0 Å². The van der Waals surface area contributed by atoms with E-state index in [0.29, 0.717) is 16.8 Å². The molecular formula is C18H13ClFN3O. The Balaban J connectivity index is 2.14. The summed E-state index contributed by atoms with van der Waals surface area (Å²) in [5.74, 6) is 0.475. The van der Waals surface area contributed by atoms with Gasteiger partial charge in [-0.05, 0) is 35.9 Å². The number of benzene rings is 2. The molecular weight excluding hydrogens is 329 g/mol. The number of halogens is 2. The monoisotopic (exact) mass is 341 g/mol. The van der Waals surface area contributed by atoms with Crippen LogP contribution < -0.4 is 10.5 Å². The SMILES string of the molecule is COc1ccc(-c2cn(-c3ccc(F)c(Cl)c3)c(N)c2C#N)cc1. The normalized spacial score (nSPS) is 10.4. The standard InChI is InChI=1S/C18H13ClFN3O/c1-24-13-5-2-11(3-6-13)15-10-23(18(22)14(15)9-21)12-4-7-17(20)16(19)8-12/h2-8,10H,22H2,1H3. The van der Waals surface area contributed by atoms with E-state index in [-0.39, 0.29) is 10.8 Å². The molecule has 0 fully saturated rings. The van der Waals surface area contributed by atoms with Gasteiger partial charge < -0.3 is 15.0 Å². The first-order valence-corrected chi connectivity index (χ1v) is 7.43. The lowest BCUT2D eigenvalue weighted by Gasteiger charge is -2.06. The van der Waals surface area contributed by atoms with Gasteiger partial charge in [0.1, 0.15) is 29.0 Å². The second kappa shape index (κ2) is 6.26. The molecule has 3 aromatic rings. The first-order chi connectivity index (χ1) is 11.5. The molecule has 4 nitrogen and oxygen atoms in total. The molecule has 0 aliphatic heterocycles. The molecule has 24 heavy (non-hydrogen) atoms. The van der Waals surface area contributed by atoms with Crippen LogP contribution in [0, 0.1) is 17.1 Å². The number of methoxy groups -OCH3 is 1. The van der Waals surface area contributed by atoms with Gasteiger partial charge in [-0.3, -0.25) is 0 Å². The molecule has 0 bridgehead atoms. The van der Waals surface area contributed by atoms with E-state index in [4.69, 9.17) is 22.1 Å². The summed E-state index contributed by atoms with van der Waals surface area (Å²) in [4.78, 5) is 0. The second-order valence-corrected chi connectivity index (χ2v) is 5.52. The van der Waals surface area contributed by atoms with Gasteiger partial charge in [-0.1, -0.05) is 23.7 Å². The Hall–Kier alpha value is -2.97. The van der Waals surface area contributed by atoms with Crippen LogP contribution in [0.3, 0.4) is 0 Å². The predicted octanol–water partition coefficient (Wildman–Crippen LogP) is 4.40. The zero-order valence-electron chi connectivity index (χ0n) is 12.8. The van der Waals surface area contributed by atoms with Gasteiger partial charge in [-0.25, -0.2) is 4.39 Å². The van der Waals surface area contributed by atoms with Gasteiger partial charge in [0, 0.05) is 17.4 Å². The third kappa shape index (κ3) is 2.68. The van der Waals surface area contributed by atoms with E-state index in [1.54, 1.807) is 36.1 Å². The maximum atomic E-state index is 13.4. The smallest absolute Gasteiger partial charge is 0.141 e. The molecule has 0 saturated carbocycles. The fraction of sp³-hybridized carbons (Fsp3) is 0.0556. The summed E-state index contributed by atoms with van der Waals surface area (Å²) in [6.45, 7) is 0. The molecule has 0 amide bonds. The van der Waals surface area contributed by atoms with E-state index in [1.807, 2.05) is 12.1 Å². The Morgan fingerprint density at radius 3 is 2.50 bits per heavy atom. The molecule has 0 aliphatic rings. The predicted molar refractivity (Wildman–Crippen MR) is 91.9 cm³/mol. The summed E-state index contributed by atoms with van der Waals surface area (Å²) in [7, 11) is 1.59. The summed E-state index contributed by atoms with van der Waals surface area (Å²) < 4.78 is 20.1. The summed E-state index contributed by atoms with van der Waals surface area (Å²) in [6, 6.07) is 13.7. The molecule has 1 aromatic heterocycles. The fourth-order valence-electron chi connectivity index (χ4n) is 2.48. The molecule has 0 saturated heterocycles. The van der Waals surface area contributed by atoms with Gasteiger partial charge in [-0.2, -0.15) is 5.26 Å². The van der Waals surface area contributed by atoms with Crippen molar-refractivity contribution < 1.29 is 9.13 Å². The number of nitriles is 1. The molecule has 0 spiro atoms. The van der Waals surface area contributed by atoms with Crippen LogP contribution >= 0.6 is 11.6 Å². The van der Waals surface area contributed by atoms with Crippen molar-refractivity contribution in [2.75, 3.05) is 12.8 Å². The average molecular weight is 342 g/mol. The highest BCUT2D eigenvalue weighted by Gasteiger charge is 2.16. The third-order valence-electron chi connectivity index (χ3n) is 3.74. The Kier molecular flexibility index (Phi) is 4.15. The van der Waals surface area contributed by atoms with Gasteiger partial charge in [0.2, 0.25) is 0 Å². The van der Waals surface area contributed by atoms with Gasteiger partial charge in [0.25, 0.3) is 0 Å². The maximum absolute atomic E-state index is 13.4. The highest BCUT2D eigenvalue weighted by Crippen LogP contribution is 2.33. The quantitative estimate of drug-likeness (QED) is 0.768. The minimum atomic E-state index is -0.512. The molecule has 0 atom stereocenters. The number of rotatable bonds is 3. The second-order valence-electron chi connectivity index (χ2n) is 5.11. The van der Waals surface area contributed by atoms with Crippen LogP contribution in [0.1, 0.15) is 5.56 Å². The summed E-state index contributed by atoms with van der Waals surface area (Å²) in [6.07, 6.45) is 1.74. The summed E-state index contributed by atoms with van der Waals surface area (Å²) in [5.41, 5.74) is 8.54. The number of ether oxygens (including phenoxy) is 1. The van der Waals surface area contributed by atoms with Crippen LogP contribution in [-0.2, 0) is 0 Å². The minimum absolute atomic E-state index is 0.00916. The van der Waals surface area contributed by atoms with Gasteiger partial charge in [0.05, 0.1) is 12.1 Å². The van der Waals surface area contributed by atoms with Crippen LogP contribution in [0.5, 0.6) is 5.75 Å². The molecule has 3 rings (SSSR count). The highest BCUT2D eigenvalue weighted by atomic mass is 35.5. The van der Waals surface area contributed by atoms with Gasteiger partial charge in [0.15, 0.2) is 0 Å². The fourth-order valence-corrected chi connectivity index (χ4v) is 2.65. The summed E-state index contributed by atoms with van der Waals surface area (Å²) >= 11 is 5.84. The summed E-state index contributed by atoms with van der Waals surface area (Å²) in [5, 5.41) is 9.46. The first kappa shape index (κ1) is 15.9. The Bertz CT molecular complexity index is 942. The number of nitrogens with two attached hydrogens (primary N) is 1. The molecule has 1 heterocycles. The van der Waals surface area contributed by atoms with Crippen molar-refractivity contribution >= 4 is 17.4 Å². The molecule has 0 radical (unpaired) electrons. The van der Waals surface area contributed by atoms with Crippen LogP contribution in [-0.4, -0.2) is 11.7 Å². The topological polar surface area (TPSA) is 64.0 Å². The number of nitrogens with zero attached hydrogens (tertiary/aromatic N) is 2. The number of nitrogen functional groups attached to an aromatic ring is 1. The highest BCUT2D eigenvalue weighted by molar-refractivity contribution is 6.30. The zero-order chi connectivity index (χ0) is 17.3. The molecule has 2 aromatic carbocycles. The molecule has 2 N–H and O–H groups in total. The van der Waals surface area contributed by atoms with Crippen LogP contribution in [0.25, 0.3) is 16.8 Å². The van der Waals surface area contributed by atoms with Crippen molar-refractivity contribution in [2.24, 2.45) is 0 Å². The third-order valence-corrected chi connectivity index (χ3v) is 4.03. The lowest BCUT2D eigenvalue weighted by atomic mass is 10.0. The Morgan fingerprint density at radius 2 is 1.92 bits per heavy atom. The van der Waals surface area contributed by atoms with Crippen molar-refractivity contribution in [1.82, 2.24) is 4.57 Å². The Labute approximate surface area is 143 Å². The maximum Gasteiger partial charge on any atom is 0.141 e. The lowest BCUT2D eigenvalue weighted by Crippen LogP contribution is -2.00. The lowest BCUT2D eigenvalue weighted by molar-refractivity contribution is 0.415.